The van der Waals surface area contributed by atoms with Crippen LogP contribution in [0.4, 0.5) is 0 Å². The summed E-state index contributed by atoms with van der Waals surface area (Å²) in [5.41, 5.74) is 2.16. The van der Waals surface area contributed by atoms with Crippen LogP contribution in [0.1, 0.15) is 0 Å². The Morgan fingerprint density at radius 1 is 1.17 bits per heavy atom. The van der Waals surface area contributed by atoms with Crippen LogP contribution in [0.5, 0.6) is 0 Å². The van der Waals surface area contributed by atoms with Crippen molar-refractivity contribution in [3.8, 4) is 11.3 Å². The lowest BCUT2D eigenvalue weighted by Crippen LogP contribution is -1.85. The van der Waals surface area contributed by atoms with Crippen LogP contribution in [0.15, 0.2) is 36.5 Å². The van der Waals surface area contributed by atoms with Crippen LogP contribution in [0, 0.1) is 0 Å². The molecule has 1 aromatic carbocycles. The van der Waals surface area contributed by atoms with Crippen molar-refractivity contribution in [3.05, 3.63) is 36.5 Å². The van der Waals surface area contributed by atoms with Gasteiger partial charge in [0.15, 0.2) is 0 Å². The Morgan fingerprint density at radius 3 is 2.50 bits per heavy atom. The molecule has 4 heteroatoms. The van der Waals surface area contributed by atoms with E-state index >= 15 is 0 Å². The van der Waals surface area contributed by atoms with Crippen molar-refractivity contribution < 1.29 is 0 Å². The Hall–Kier alpha value is -0.910. The molecule has 1 aromatic heterocycles. The lowest BCUT2D eigenvalue weighted by Gasteiger charge is -1.96. The largest absolute Gasteiger partial charge is 0.184 e. The number of hydrogen-bond acceptors (Lipinski definition) is 2. The fourth-order valence-corrected chi connectivity index (χ4v) is 1.53. The Bertz CT molecular complexity index is 369. The zero-order chi connectivity index (χ0) is 8.39. The molecule has 60 valence electrons. The summed E-state index contributed by atoms with van der Waals surface area (Å²) in [5.74, 6) is 0. The SMILES string of the molecule is In1nncc1-c1ccccc1. The van der Waals surface area contributed by atoms with E-state index in [9.17, 15) is 0 Å². The van der Waals surface area contributed by atoms with Crippen molar-refractivity contribution in [3.63, 3.8) is 0 Å². The van der Waals surface area contributed by atoms with Crippen LogP contribution in [0.2, 0.25) is 0 Å². The van der Waals surface area contributed by atoms with Gasteiger partial charge in [0, 0.05) is 5.56 Å². The van der Waals surface area contributed by atoms with Crippen LogP contribution in [-0.4, -0.2) is 13.2 Å². The monoisotopic (exact) mass is 271 g/mol. The molecule has 0 bridgehead atoms. The van der Waals surface area contributed by atoms with Gasteiger partial charge in [0.2, 0.25) is 0 Å². The zero-order valence-electron chi connectivity index (χ0n) is 6.18. The minimum Gasteiger partial charge on any atom is -0.184 e. The number of rotatable bonds is 1. The molecule has 2 aromatic rings. The van der Waals surface area contributed by atoms with Crippen LogP contribution in [-0.2, 0) is 0 Å². The van der Waals surface area contributed by atoms with Crippen molar-refractivity contribution in [2.24, 2.45) is 0 Å². The Kier molecular flexibility index (Phi) is 2.07. The topological polar surface area (TPSA) is 30.7 Å². The van der Waals surface area contributed by atoms with E-state index in [1.54, 1.807) is 9.09 Å². The molecule has 0 spiro atoms. The lowest BCUT2D eigenvalue weighted by atomic mass is 10.2. The van der Waals surface area contributed by atoms with Gasteiger partial charge in [-0.1, -0.05) is 35.5 Å². The molecule has 0 aliphatic rings. The van der Waals surface area contributed by atoms with Gasteiger partial charge in [-0.2, -0.15) is 2.90 Å². The smallest absolute Gasteiger partial charge is 0.1000 e. The quantitative estimate of drug-likeness (QED) is 0.744. The van der Waals surface area contributed by atoms with E-state index in [1.165, 1.54) is 0 Å². The van der Waals surface area contributed by atoms with Crippen LogP contribution >= 0.6 is 22.9 Å². The summed E-state index contributed by atoms with van der Waals surface area (Å²) in [4.78, 5) is 0. The maximum Gasteiger partial charge on any atom is 0.1000 e. The fraction of sp³-hybridized carbons (Fsp3) is 0. The molecular weight excluding hydrogens is 265 g/mol. The van der Waals surface area contributed by atoms with E-state index < -0.39 is 0 Å². The first-order valence-electron chi connectivity index (χ1n) is 3.50. The highest BCUT2D eigenvalue weighted by molar-refractivity contribution is 14.1. The number of nitrogens with zero attached hydrogens (tertiary/aromatic N) is 3. The molecule has 0 radical (unpaired) electrons. The minimum absolute atomic E-state index is 1.02. The maximum atomic E-state index is 3.85. The molecule has 1 heterocycles. The first-order valence-corrected chi connectivity index (χ1v) is 4.47. The molecule has 0 aliphatic heterocycles. The van der Waals surface area contributed by atoms with Gasteiger partial charge >= 0.3 is 0 Å². The molecule has 3 nitrogen and oxygen atoms in total. The molecule has 0 atom stereocenters. The van der Waals surface area contributed by atoms with E-state index in [0.29, 0.717) is 0 Å². The van der Waals surface area contributed by atoms with E-state index in [-0.39, 0.29) is 0 Å². The number of aromatic nitrogens is 3. The highest BCUT2D eigenvalue weighted by Crippen LogP contribution is 2.18. The molecular formula is C8H6IN3. The van der Waals surface area contributed by atoms with Crippen molar-refractivity contribution in [2.75, 3.05) is 0 Å². The van der Waals surface area contributed by atoms with Gasteiger partial charge in [0.25, 0.3) is 0 Å². The van der Waals surface area contributed by atoms with Gasteiger partial charge in [-0.15, -0.1) is 5.10 Å². The van der Waals surface area contributed by atoms with Crippen LogP contribution < -0.4 is 0 Å². The summed E-state index contributed by atoms with van der Waals surface area (Å²) in [6, 6.07) is 10.1. The average Bonchev–Trinajstić information content (AvgIpc) is 2.53. The van der Waals surface area contributed by atoms with Crippen molar-refractivity contribution in [1.29, 1.82) is 0 Å². The average molecular weight is 271 g/mol. The molecule has 0 saturated carbocycles. The number of halogens is 1. The Morgan fingerprint density at radius 2 is 1.92 bits per heavy atom. The molecule has 0 saturated heterocycles. The highest BCUT2D eigenvalue weighted by atomic mass is 127. The first kappa shape index (κ1) is 7.72. The number of benzene rings is 1. The summed E-state index contributed by atoms with van der Waals surface area (Å²) in [7, 11) is 0. The van der Waals surface area contributed by atoms with Crippen LogP contribution in [0.25, 0.3) is 11.3 Å². The van der Waals surface area contributed by atoms with Crippen molar-refractivity contribution in [2.45, 2.75) is 0 Å². The minimum atomic E-state index is 1.02. The molecule has 0 fully saturated rings. The predicted molar refractivity (Wildman–Crippen MR) is 54.9 cm³/mol. The zero-order valence-corrected chi connectivity index (χ0v) is 8.34. The molecule has 12 heavy (non-hydrogen) atoms. The molecule has 0 unspecified atom stereocenters. The van der Waals surface area contributed by atoms with Gasteiger partial charge in [-0.05, 0) is 0 Å². The second kappa shape index (κ2) is 3.22. The molecule has 2 rings (SSSR count). The van der Waals surface area contributed by atoms with Gasteiger partial charge in [0.05, 0.1) is 34.8 Å². The molecule has 0 amide bonds. The van der Waals surface area contributed by atoms with Crippen molar-refractivity contribution in [1.82, 2.24) is 13.2 Å². The van der Waals surface area contributed by atoms with Gasteiger partial charge in [-0.3, -0.25) is 0 Å². The highest BCUT2D eigenvalue weighted by Gasteiger charge is 2.01. The van der Waals surface area contributed by atoms with E-state index in [4.69, 9.17) is 0 Å². The standard InChI is InChI=1S/C8H6IN3/c9-12-8(6-10-11-12)7-4-2-1-3-5-7/h1-6H. The first-order chi connectivity index (χ1) is 5.88. The summed E-state index contributed by atoms with van der Waals surface area (Å²) in [5, 5.41) is 7.65. The van der Waals surface area contributed by atoms with Gasteiger partial charge in [-0.25, -0.2) is 0 Å². The summed E-state index contributed by atoms with van der Waals surface area (Å²) >= 11 is 2.10. The summed E-state index contributed by atoms with van der Waals surface area (Å²) in [6.45, 7) is 0. The second-order valence-corrected chi connectivity index (χ2v) is 3.26. The van der Waals surface area contributed by atoms with Crippen molar-refractivity contribution >= 4 is 22.9 Å². The van der Waals surface area contributed by atoms with Gasteiger partial charge < -0.3 is 0 Å². The fourth-order valence-electron chi connectivity index (χ4n) is 1.01. The number of hydrogen-bond donors (Lipinski definition) is 0. The molecule has 0 N–H and O–H groups in total. The van der Waals surface area contributed by atoms with E-state index in [0.717, 1.165) is 11.3 Å². The third kappa shape index (κ3) is 1.34. The van der Waals surface area contributed by atoms with E-state index in [2.05, 4.69) is 33.2 Å². The lowest BCUT2D eigenvalue weighted by molar-refractivity contribution is 0.921. The van der Waals surface area contributed by atoms with E-state index in [1.807, 2.05) is 30.3 Å². The summed E-state index contributed by atoms with van der Waals surface area (Å²) in [6.07, 6.45) is 1.75. The normalized spacial score (nSPS) is 10.1. The second-order valence-electron chi connectivity index (χ2n) is 2.35. The predicted octanol–water partition coefficient (Wildman–Crippen LogP) is 2.14. The summed E-state index contributed by atoms with van der Waals surface area (Å²) < 4.78 is 1.73. The molecule has 0 aliphatic carbocycles. The third-order valence-electron chi connectivity index (χ3n) is 1.58. The van der Waals surface area contributed by atoms with Crippen LogP contribution in [0.3, 0.4) is 0 Å². The van der Waals surface area contributed by atoms with Gasteiger partial charge in [0.1, 0.15) is 0 Å². The Balaban J connectivity index is 2.51. The Labute approximate surface area is 83.9 Å². The maximum absolute atomic E-state index is 3.85. The third-order valence-corrected chi connectivity index (χ3v) is 2.29.